The van der Waals surface area contributed by atoms with E-state index in [0.29, 0.717) is 6.42 Å². The van der Waals surface area contributed by atoms with Gasteiger partial charge in [-0.05, 0) is 93.9 Å². The van der Waals surface area contributed by atoms with Crippen molar-refractivity contribution in [3.63, 3.8) is 0 Å². The van der Waals surface area contributed by atoms with Gasteiger partial charge >= 0.3 is 5.97 Å². The van der Waals surface area contributed by atoms with Crippen LogP contribution in [-0.4, -0.2) is 28.3 Å². The van der Waals surface area contributed by atoms with Crippen molar-refractivity contribution in [3.8, 4) is 0 Å². The van der Waals surface area contributed by atoms with Crippen LogP contribution in [0.25, 0.3) is 0 Å². The van der Waals surface area contributed by atoms with E-state index in [9.17, 15) is 4.79 Å². The molecular formula is C23H47NO3. The number of ether oxygens (including phenoxy) is 2. The summed E-state index contributed by atoms with van der Waals surface area (Å²) in [6, 6.07) is 0. The maximum atomic E-state index is 12.9. The van der Waals surface area contributed by atoms with Crippen LogP contribution in [0.3, 0.4) is 0 Å². The fourth-order valence-electron chi connectivity index (χ4n) is 4.76. The summed E-state index contributed by atoms with van der Waals surface area (Å²) in [5.41, 5.74) is 3.95. The zero-order valence-corrected chi connectivity index (χ0v) is 20.4. The van der Waals surface area contributed by atoms with Crippen molar-refractivity contribution in [2.75, 3.05) is 0 Å². The van der Waals surface area contributed by atoms with Gasteiger partial charge in [-0.1, -0.05) is 20.8 Å². The summed E-state index contributed by atoms with van der Waals surface area (Å²) in [6.45, 7) is 26.5. The number of nitrogens with two attached hydrogens (primary N) is 1. The molecule has 0 amide bonds. The first-order valence-electron chi connectivity index (χ1n) is 10.2. The highest BCUT2D eigenvalue weighted by Gasteiger charge is 2.42. The van der Waals surface area contributed by atoms with E-state index in [4.69, 9.17) is 15.2 Å². The van der Waals surface area contributed by atoms with Crippen molar-refractivity contribution in [2.24, 2.45) is 16.6 Å². The maximum Gasteiger partial charge on any atom is 0.312 e. The molecule has 0 saturated carbocycles. The third kappa shape index (κ3) is 11.7. The minimum Gasteiger partial charge on any atom is -0.459 e. The molecule has 0 spiro atoms. The Hall–Kier alpha value is -0.610. The number of esters is 1. The molecule has 162 valence electrons. The lowest BCUT2D eigenvalue weighted by atomic mass is 9.80. The standard InChI is InChI=1S/C23H47NO3/c1-18(2,3)14-21(8,9)26-17(25)19(4,5)15-22(10,11)27-23(12,13)16-20(6,7)24/h14-16,24H2,1-13H3. The third-order valence-corrected chi connectivity index (χ3v) is 4.18. The average Bonchev–Trinajstić information content (AvgIpc) is 2.15. The largest absolute Gasteiger partial charge is 0.459 e. The first kappa shape index (κ1) is 26.4. The first-order valence-corrected chi connectivity index (χ1v) is 10.2. The summed E-state index contributed by atoms with van der Waals surface area (Å²) < 4.78 is 12.3. The van der Waals surface area contributed by atoms with Crippen molar-refractivity contribution in [1.82, 2.24) is 0 Å². The van der Waals surface area contributed by atoms with Crippen LogP contribution in [-0.2, 0) is 14.3 Å². The Bertz CT molecular complexity index is 503. The van der Waals surface area contributed by atoms with Gasteiger partial charge < -0.3 is 15.2 Å². The fourth-order valence-corrected chi connectivity index (χ4v) is 4.76. The predicted octanol–water partition coefficient (Wildman–Crippen LogP) is 5.86. The van der Waals surface area contributed by atoms with E-state index in [1.807, 2.05) is 55.4 Å². The van der Waals surface area contributed by atoms with Crippen LogP contribution in [0.15, 0.2) is 0 Å². The van der Waals surface area contributed by atoms with Gasteiger partial charge in [0.2, 0.25) is 0 Å². The van der Waals surface area contributed by atoms with E-state index in [1.54, 1.807) is 0 Å². The van der Waals surface area contributed by atoms with E-state index in [-0.39, 0.29) is 22.5 Å². The summed E-state index contributed by atoms with van der Waals surface area (Å²) in [7, 11) is 0. The van der Waals surface area contributed by atoms with Gasteiger partial charge in [0.05, 0.1) is 16.6 Å². The number of rotatable bonds is 9. The molecule has 0 aliphatic rings. The molecule has 0 bridgehead atoms. The number of hydrogen-bond donors (Lipinski definition) is 1. The number of carbonyl (C=O) groups is 1. The van der Waals surface area contributed by atoms with Crippen LogP contribution in [0.1, 0.15) is 109 Å². The highest BCUT2D eigenvalue weighted by molar-refractivity contribution is 5.76. The SMILES string of the molecule is CC(C)(C)CC(C)(C)OC(=O)C(C)(C)CC(C)(C)OC(C)(C)CC(C)(C)N. The molecule has 0 fully saturated rings. The van der Waals surface area contributed by atoms with E-state index in [1.165, 1.54) is 0 Å². The maximum absolute atomic E-state index is 12.9. The van der Waals surface area contributed by atoms with Crippen LogP contribution in [0.2, 0.25) is 0 Å². The molecule has 0 aromatic carbocycles. The molecule has 0 aromatic heterocycles. The molecule has 0 heterocycles. The predicted molar refractivity (Wildman–Crippen MR) is 115 cm³/mol. The molecule has 0 aliphatic carbocycles. The highest BCUT2D eigenvalue weighted by atomic mass is 16.6. The third-order valence-electron chi connectivity index (χ3n) is 4.18. The number of carbonyl (C=O) groups excluding carboxylic acids is 1. The summed E-state index contributed by atoms with van der Waals surface area (Å²) in [5.74, 6) is -0.176. The van der Waals surface area contributed by atoms with E-state index < -0.39 is 16.6 Å². The average molecular weight is 386 g/mol. The van der Waals surface area contributed by atoms with Gasteiger partial charge in [0.1, 0.15) is 5.60 Å². The highest BCUT2D eigenvalue weighted by Crippen LogP contribution is 2.38. The van der Waals surface area contributed by atoms with Crippen molar-refractivity contribution in [3.05, 3.63) is 0 Å². The Kier molecular flexibility index (Phi) is 7.84. The molecule has 0 aromatic rings. The second kappa shape index (κ2) is 8.02. The second-order valence-corrected chi connectivity index (χ2v) is 12.7. The molecule has 27 heavy (non-hydrogen) atoms. The monoisotopic (exact) mass is 385 g/mol. The lowest BCUT2D eigenvalue weighted by Crippen LogP contribution is -2.48. The Labute approximate surface area is 168 Å². The minimum absolute atomic E-state index is 0.0926. The Morgan fingerprint density at radius 1 is 0.667 bits per heavy atom. The van der Waals surface area contributed by atoms with Crippen molar-refractivity contribution in [2.45, 2.75) is 132 Å². The smallest absolute Gasteiger partial charge is 0.312 e. The molecule has 4 heteroatoms. The van der Waals surface area contributed by atoms with Gasteiger partial charge in [-0.25, -0.2) is 0 Å². The van der Waals surface area contributed by atoms with Gasteiger partial charge in [-0.2, -0.15) is 0 Å². The van der Waals surface area contributed by atoms with Gasteiger partial charge in [0, 0.05) is 5.54 Å². The number of hydrogen-bond acceptors (Lipinski definition) is 4. The lowest BCUT2D eigenvalue weighted by molar-refractivity contribution is -0.181. The summed E-state index contributed by atoms with van der Waals surface area (Å²) >= 11 is 0. The van der Waals surface area contributed by atoms with Crippen molar-refractivity contribution < 1.29 is 14.3 Å². The minimum atomic E-state index is -0.646. The van der Waals surface area contributed by atoms with Crippen LogP contribution in [0, 0.1) is 10.8 Å². The quantitative estimate of drug-likeness (QED) is 0.505. The van der Waals surface area contributed by atoms with E-state index in [2.05, 4.69) is 34.6 Å². The molecule has 4 nitrogen and oxygen atoms in total. The van der Waals surface area contributed by atoms with Crippen LogP contribution >= 0.6 is 0 Å². The Balaban J connectivity index is 5.13. The summed E-state index contributed by atoms with van der Waals surface area (Å²) in [5, 5.41) is 0. The second-order valence-electron chi connectivity index (χ2n) is 12.7. The lowest BCUT2D eigenvalue weighted by Gasteiger charge is -2.42. The topological polar surface area (TPSA) is 61.5 Å². The first-order chi connectivity index (χ1) is 11.5. The molecule has 0 atom stereocenters. The van der Waals surface area contributed by atoms with Crippen LogP contribution < -0.4 is 5.73 Å². The molecule has 0 aliphatic heterocycles. The molecule has 2 N–H and O–H groups in total. The summed E-state index contributed by atoms with van der Waals surface area (Å²) in [6.07, 6.45) is 2.10. The van der Waals surface area contributed by atoms with Crippen LogP contribution in [0.5, 0.6) is 0 Å². The van der Waals surface area contributed by atoms with Crippen molar-refractivity contribution >= 4 is 5.97 Å². The molecule has 0 saturated heterocycles. The normalized spacial score (nSPS) is 15.0. The van der Waals surface area contributed by atoms with Gasteiger partial charge in [0.15, 0.2) is 0 Å². The summed E-state index contributed by atoms with van der Waals surface area (Å²) in [4.78, 5) is 12.9. The van der Waals surface area contributed by atoms with E-state index in [0.717, 1.165) is 12.8 Å². The molecule has 0 rings (SSSR count). The molecular weight excluding hydrogens is 338 g/mol. The zero-order valence-electron chi connectivity index (χ0n) is 20.4. The molecule has 0 radical (unpaired) electrons. The Morgan fingerprint density at radius 2 is 1.07 bits per heavy atom. The Morgan fingerprint density at radius 3 is 1.44 bits per heavy atom. The van der Waals surface area contributed by atoms with E-state index >= 15 is 0 Å². The molecule has 0 unspecified atom stereocenters. The fraction of sp³-hybridized carbons (Fsp3) is 0.957. The zero-order chi connectivity index (χ0) is 22.1. The van der Waals surface area contributed by atoms with Crippen LogP contribution in [0.4, 0.5) is 0 Å². The van der Waals surface area contributed by atoms with Gasteiger partial charge in [0.25, 0.3) is 0 Å². The van der Waals surface area contributed by atoms with Crippen molar-refractivity contribution in [1.29, 1.82) is 0 Å². The van der Waals surface area contributed by atoms with Gasteiger partial charge in [-0.3, -0.25) is 4.79 Å². The van der Waals surface area contributed by atoms with Gasteiger partial charge in [-0.15, -0.1) is 0 Å².